The maximum atomic E-state index is 11.2. The van der Waals surface area contributed by atoms with Crippen molar-refractivity contribution in [3.8, 4) is 0 Å². The molecule has 2 heterocycles. The lowest BCUT2D eigenvalue weighted by molar-refractivity contribution is -0.112. The Morgan fingerprint density at radius 1 is 1.60 bits per heavy atom. The van der Waals surface area contributed by atoms with Crippen LogP contribution in [0.15, 0.2) is 17.5 Å². The molecule has 0 unspecified atom stereocenters. The van der Waals surface area contributed by atoms with E-state index in [2.05, 4.69) is 20.6 Å². The van der Waals surface area contributed by atoms with Crippen LogP contribution in [0.3, 0.4) is 0 Å². The Kier molecular flexibility index (Phi) is 2.55. The molecule has 2 aromatic heterocycles. The first-order valence-corrected chi connectivity index (χ1v) is 4.94. The van der Waals surface area contributed by atoms with Gasteiger partial charge in [-0.05, 0) is 22.7 Å². The van der Waals surface area contributed by atoms with Gasteiger partial charge in [-0.25, -0.2) is 0 Å². The molecule has 2 aromatic rings. The molecule has 0 aromatic carbocycles. The topological polar surface area (TPSA) is 97.5 Å². The van der Waals surface area contributed by atoms with Crippen molar-refractivity contribution in [1.29, 1.82) is 0 Å². The highest BCUT2D eigenvalue weighted by atomic mass is 32.1. The van der Waals surface area contributed by atoms with Gasteiger partial charge in [0.15, 0.2) is 0 Å². The Labute approximate surface area is 88.8 Å². The molecule has 0 saturated carbocycles. The second kappa shape index (κ2) is 4.01. The number of carbonyl (C=O) groups is 1. The summed E-state index contributed by atoms with van der Waals surface area (Å²) in [6.07, 6.45) is 1.64. The van der Waals surface area contributed by atoms with Gasteiger partial charge in [0.1, 0.15) is 0 Å². The summed E-state index contributed by atoms with van der Waals surface area (Å²) in [5, 5.41) is 15.0. The van der Waals surface area contributed by atoms with Crippen molar-refractivity contribution < 1.29 is 4.79 Å². The highest BCUT2D eigenvalue weighted by Gasteiger charge is 2.12. The number of thiophene rings is 1. The number of tetrazole rings is 1. The largest absolute Gasteiger partial charge is 0.365 e. The molecule has 0 saturated heterocycles. The minimum atomic E-state index is -0.579. The number of hydrogen-bond acceptors (Lipinski definition) is 5. The SMILES string of the molecule is NC(=O)C(=Cc1cccs1)c1nn[nH]n1. The van der Waals surface area contributed by atoms with Crippen LogP contribution >= 0.6 is 11.3 Å². The third kappa shape index (κ3) is 2.08. The summed E-state index contributed by atoms with van der Waals surface area (Å²) in [7, 11) is 0. The number of amides is 1. The lowest BCUT2D eigenvalue weighted by Crippen LogP contribution is -2.13. The van der Waals surface area contributed by atoms with Crippen molar-refractivity contribution in [2.45, 2.75) is 0 Å². The highest BCUT2D eigenvalue weighted by molar-refractivity contribution is 7.10. The van der Waals surface area contributed by atoms with Gasteiger partial charge in [-0.3, -0.25) is 4.79 Å². The van der Waals surface area contributed by atoms with Crippen molar-refractivity contribution in [3.05, 3.63) is 28.2 Å². The van der Waals surface area contributed by atoms with E-state index < -0.39 is 5.91 Å². The number of nitrogens with one attached hydrogen (secondary N) is 1. The van der Waals surface area contributed by atoms with Gasteiger partial charge in [0.05, 0.1) is 5.57 Å². The summed E-state index contributed by atoms with van der Waals surface area (Å²) >= 11 is 1.50. The first-order valence-electron chi connectivity index (χ1n) is 4.06. The molecule has 2 rings (SSSR count). The maximum absolute atomic E-state index is 11.2. The van der Waals surface area contributed by atoms with E-state index in [1.54, 1.807) is 6.08 Å². The summed E-state index contributed by atoms with van der Waals surface area (Å²) < 4.78 is 0. The lowest BCUT2D eigenvalue weighted by Gasteiger charge is -1.94. The fourth-order valence-corrected chi connectivity index (χ4v) is 1.69. The normalized spacial score (nSPS) is 11.6. The van der Waals surface area contributed by atoms with Gasteiger partial charge >= 0.3 is 0 Å². The van der Waals surface area contributed by atoms with Crippen LogP contribution in [0.5, 0.6) is 0 Å². The molecule has 0 aliphatic heterocycles. The van der Waals surface area contributed by atoms with Crippen LogP contribution < -0.4 is 5.73 Å². The summed E-state index contributed by atoms with van der Waals surface area (Å²) in [5.41, 5.74) is 5.46. The number of H-pyrrole nitrogens is 1. The van der Waals surface area contributed by atoms with Crippen LogP contribution in [0.1, 0.15) is 10.7 Å². The van der Waals surface area contributed by atoms with Crippen molar-refractivity contribution in [1.82, 2.24) is 20.6 Å². The van der Waals surface area contributed by atoms with Crippen LogP contribution in [0.25, 0.3) is 11.6 Å². The van der Waals surface area contributed by atoms with E-state index in [1.165, 1.54) is 11.3 Å². The molecule has 1 amide bonds. The second-order valence-electron chi connectivity index (χ2n) is 2.67. The number of primary amides is 1. The standard InChI is InChI=1S/C8H7N5OS/c9-7(14)6(8-10-12-13-11-8)4-5-2-1-3-15-5/h1-4H,(H2,9,14)(H,10,11,12,13). The molecule has 0 radical (unpaired) electrons. The predicted molar refractivity (Wildman–Crippen MR) is 55.6 cm³/mol. The highest BCUT2D eigenvalue weighted by Crippen LogP contribution is 2.17. The van der Waals surface area contributed by atoms with E-state index in [1.807, 2.05) is 17.5 Å². The van der Waals surface area contributed by atoms with E-state index in [-0.39, 0.29) is 11.4 Å². The van der Waals surface area contributed by atoms with Crippen LogP contribution in [0, 0.1) is 0 Å². The summed E-state index contributed by atoms with van der Waals surface area (Å²) in [6.45, 7) is 0. The second-order valence-corrected chi connectivity index (χ2v) is 3.65. The zero-order valence-corrected chi connectivity index (χ0v) is 8.36. The first kappa shape index (κ1) is 9.53. The Morgan fingerprint density at radius 3 is 3.00 bits per heavy atom. The van der Waals surface area contributed by atoms with Crippen molar-refractivity contribution >= 4 is 28.9 Å². The number of aromatic amines is 1. The van der Waals surface area contributed by atoms with Gasteiger partial charge in [0.25, 0.3) is 5.91 Å². The van der Waals surface area contributed by atoms with Crippen molar-refractivity contribution in [2.75, 3.05) is 0 Å². The lowest BCUT2D eigenvalue weighted by atomic mass is 10.2. The smallest absolute Gasteiger partial charge is 0.252 e. The third-order valence-corrected chi connectivity index (χ3v) is 2.50. The van der Waals surface area contributed by atoms with Gasteiger partial charge < -0.3 is 5.73 Å². The van der Waals surface area contributed by atoms with Crippen LogP contribution in [-0.2, 0) is 4.79 Å². The fourth-order valence-electron chi connectivity index (χ4n) is 1.04. The van der Waals surface area contributed by atoms with Gasteiger partial charge in [0.2, 0.25) is 5.82 Å². The molecular weight excluding hydrogens is 214 g/mol. The molecule has 3 N–H and O–H groups in total. The molecule has 0 aliphatic rings. The summed E-state index contributed by atoms with van der Waals surface area (Å²) in [4.78, 5) is 12.1. The quantitative estimate of drug-likeness (QED) is 0.728. The van der Waals surface area contributed by atoms with Gasteiger partial charge in [-0.2, -0.15) is 5.21 Å². The first-order chi connectivity index (χ1) is 7.27. The Morgan fingerprint density at radius 2 is 2.47 bits per heavy atom. The Hall–Kier alpha value is -2.02. The third-order valence-electron chi connectivity index (χ3n) is 1.68. The molecule has 0 fully saturated rings. The fraction of sp³-hybridized carbons (Fsp3) is 0. The van der Waals surface area contributed by atoms with E-state index in [4.69, 9.17) is 5.73 Å². The van der Waals surface area contributed by atoms with E-state index in [0.717, 1.165) is 4.88 Å². The Balaban J connectivity index is 2.41. The molecule has 15 heavy (non-hydrogen) atoms. The monoisotopic (exact) mass is 221 g/mol. The molecule has 0 bridgehead atoms. The van der Waals surface area contributed by atoms with Gasteiger partial charge in [-0.1, -0.05) is 6.07 Å². The molecule has 0 aliphatic carbocycles. The summed E-state index contributed by atoms with van der Waals surface area (Å²) in [5.74, 6) is -0.374. The number of nitrogens with zero attached hydrogens (tertiary/aromatic N) is 3. The minimum Gasteiger partial charge on any atom is -0.365 e. The molecular formula is C8H7N5OS. The van der Waals surface area contributed by atoms with Crippen molar-refractivity contribution in [2.24, 2.45) is 5.73 Å². The van der Waals surface area contributed by atoms with Crippen LogP contribution in [0.2, 0.25) is 0 Å². The number of hydrogen-bond donors (Lipinski definition) is 2. The molecule has 0 atom stereocenters. The summed E-state index contributed by atoms with van der Waals surface area (Å²) in [6, 6.07) is 3.75. The molecule has 76 valence electrons. The number of rotatable bonds is 3. The van der Waals surface area contributed by atoms with Crippen LogP contribution in [-0.4, -0.2) is 26.5 Å². The van der Waals surface area contributed by atoms with Gasteiger partial charge in [-0.15, -0.1) is 21.5 Å². The zero-order chi connectivity index (χ0) is 10.7. The molecule has 6 nitrogen and oxygen atoms in total. The van der Waals surface area contributed by atoms with Crippen LogP contribution in [0.4, 0.5) is 0 Å². The zero-order valence-electron chi connectivity index (χ0n) is 7.54. The van der Waals surface area contributed by atoms with Crippen molar-refractivity contribution in [3.63, 3.8) is 0 Å². The van der Waals surface area contributed by atoms with E-state index >= 15 is 0 Å². The molecule has 7 heteroatoms. The molecule has 0 spiro atoms. The predicted octanol–water partition coefficient (Wildman–Crippen LogP) is 0.287. The van der Waals surface area contributed by atoms with E-state index in [9.17, 15) is 4.79 Å². The van der Waals surface area contributed by atoms with Gasteiger partial charge in [0, 0.05) is 4.88 Å². The number of aromatic nitrogens is 4. The Bertz CT molecular complexity index is 473. The number of carbonyl (C=O) groups excluding carboxylic acids is 1. The number of nitrogens with two attached hydrogens (primary N) is 1. The average Bonchev–Trinajstić information content (AvgIpc) is 2.87. The average molecular weight is 221 g/mol. The minimum absolute atomic E-state index is 0.205. The maximum Gasteiger partial charge on any atom is 0.252 e. The van der Waals surface area contributed by atoms with E-state index in [0.29, 0.717) is 0 Å².